The van der Waals surface area contributed by atoms with Crippen molar-refractivity contribution in [2.24, 2.45) is 0 Å². The first-order valence-electron chi connectivity index (χ1n) is 18.8. The van der Waals surface area contributed by atoms with Crippen molar-refractivity contribution >= 4 is 77.2 Å². The Labute approximate surface area is 340 Å². The number of hydrogen-bond donors (Lipinski definition) is 0. The van der Waals surface area contributed by atoms with Gasteiger partial charge in [-0.1, -0.05) is 72.8 Å². The number of ether oxygens (including phenoxy) is 2. The van der Waals surface area contributed by atoms with Crippen molar-refractivity contribution in [2.75, 3.05) is 9.80 Å². The van der Waals surface area contributed by atoms with E-state index >= 15 is 0 Å². The molecule has 0 unspecified atom stereocenters. The highest BCUT2D eigenvalue weighted by atomic mass is 32.1. The molecular weight excluding hydrogens is 757 g/mol. The summed E-state index contributed by atoms with van der Waals surface area (Å²) in [5, 5.41) is 1.84. The fraction of sp³-hybridized carbons (Fsp3) is 0. The zero-order valence-electron chi connectivity index (χ0n) is 30.5. The molecule has 0 spiro atoms. The minimum absolute atomic E-state index is 0.778. The molecule has 6 heterocycles. The molecule has 0 bridgehead atoms. The van der Waals surface area contributed by atoms with E-state index in [-0.39, 0.29) is 0 Å². The Balaban J connectivity index is 1.15. The second kappa shape index (κ2) is 13.1. The van der Waals surface area contributed by atoms with Crippen LogP contribution in [0.25, 0.3) is 52.7 Å². The lowest BCUT2D eigenvalue weighted by Gasteiger charge is -2.36. The van der Waals surface area contributed by atoms with E-state index in [9.17, 15) is 0 Å². The second-order valence-corrected chi connectivity index (χ2v) is 16.0. The molecule has 12 rings (SSSR count). The van der Waals surface area contributed by atoms with Gasteiger partial charge in [0.25, 0.3) is 0 Å². The minimum atomic E-state index is 0.778. The van der Waals surface area contributed by atoms with Crippen LogP contribution in [-0.4, -0.2) is 19.9 Å². The highest BCUT2D eigenvalue weighted by molar-refractivity contribution is 7.22. The van der Waals surface area contributed by atoms with Crippen LogP contribution in [0, 0.1) is 0 Å². The van der Waals surface area contributed by atoms with E-state index in [0.717, 1.165) is 110 Å². The summed E-state index contributed by atoms with van der Waals surface area (Å²) in [6.45, 7) is 0. The normalized spacial score (nSPS) is 12.7. The molecule has 0 saturated heterocycles. The van der Waals surface area contributed by atoms with Gasteiger partial charge in [0.2, 0.25) is 0 Å². The second-order valence-electron chi connectivity index (χ2n) is 13.9. The molecular formula is C48H28N6O2S2. The molecule has 6 aromatic carbocycles. The molecule has 274 valence electrons. The fourth-order valence-corrected chi connectivity index (χ4v) is 9.75. The van der Waals surface area contributed by atoms with E-state index in [4.69, 9.17) is 19.4 Å². The lowest BCUT2D eigenvalue weighted by molar-refractivity contribution is 0.476. The van der Waals surface area contributed by atoms with Gasteiger partial charge in [-0.2, -0.15) is 0 Å². The smallest absolute Gasteiger partial charge is 0.151 e. The fourth-order valence-electron chi connectivity index (χ4n) is 7.89. The number of benzene rings is 6. The number of anilines is 6. The summed E-state index contributed by atoms with van der Waals surface area (Å²) in [6, 6.07) is 50.1. The molecule has 0 saturated carbocycles. The molecule has 8 nitrogen and oxygen atoms in total. The van der Waals surface area contributed by atoms with Crippen LogP contribution in [-0.2, 0) is 0 Å². The van der Waals surface area contributed by atoms with Crippen molar-refractivity contribution < 1.29 is 9.47 Å². The van der Waals surface area contributed by atoms with Crippen LogP contribution >= 0.6 is 22.7 Å². The first-order valence-corrected chi connectivity index (χ1v) is 20.4. The van der Waals surface area contributed by atoms with Gasteiger partial charge in [0.15, 0.2) is 23.0 Å². The SMILES string of the molecule is c1ccc2c(c1)Oc1ccccc1N2c1cc(-c2nc3ccncc3s2)ccc1-c1ccc(-c2nc3ccncc3s2)cc1N1c2ccccc2Oc2ccccc21. The predicted molar refractivity (Wildman–Crippen MR) is 234 cm³/mol. The monoisotopic (exact) mass is 784 g/mol. The topological polar surface area (TPSA) is 76.5 Å². The molecule has 2 aliphatic rings. The maximum absolute atomic E-state index is 6.52. The van der Waals surface area contributed by atoms with Crippen molar-refractivity contribution in [2.45, 2.75) is 0 Å². The Morgan fingerprint density at radius 3 is 1.16 bits per heavy atom. The summed E-state index contributed by atoms with van der Waals surface area (Å²) < 4.78 is 15.1. The summed E-state index contributed by atoms with van der Waals surface area (Å²) >= 11 is 3.28. The van der Waals surface area contributed by atoms with Crippen molar-refractivity contribution in [1.82, 2.24) is 19.9 Å². The van der Waals surface area contributed by atoms with Crippen LogP contribution in [0.5, 0.6) is 23.0 Å². The van der Waals surface area contributed by atoms with Crippen LogP contribution in [0.4, 0.5) is 34.1 Å². The van der Waals surface area contributed by atoms with Crippen LogP contribution in [0.15, 0.2) is 170 Å². The van der Waals surface area contributed by atoms with Crippen molar-refractivity contribution in [1.29, 1.82) is 0 Å². The summed E-state index contributed by atoms with van der Waals surface area (Å²) in [7, 11) is 0. The number of para-hydroxylation sites is 8. The van der Waals surface area contributed by atoms with E-state index in [1.165, 1.54) is 0 Å². The first kappa shape index (κ1) is 32.8. The molecule has 4 aromatic heterocycles. The highest BCUT2D eigenvalue weighted by Crippen LogP contribution is 2.57. The van der Waals surface area contributed by atoms with Gasteiger partial charge in [-0.3, -0.25) is 9.97 Å². The van der Waals surface area contributed by atoms with E-state index in [1.807, 2.05) is 73.1 Å². The third-order valence-electron chi connectivity index (χ3n) is 10.5. The maximum atomic E-state index is 6.52. The van der Waals surface area contributed by atoms with Gasteiger partial charge in [-0.25, -0.2) is 9.97 Å². The summed E-state index contributed by atoms with van der Waals surface area (Å²) in [5.41, 5.74) is 11.6. The van der Waals surface area contributed by atoms with Gasteiger partial charge in [0.05, 0.1) is 54.6 Å². The number of nitrogens with zero attached hydrogens (tertiary/aromatic N) is 6. The molecule has 0 radical (unpaired) electrons. The Morgan fingerprint density at radius 2 is 0.776 bits per heavy atom. The van der Waals surface area contributed by atoms with E-state index in [2.05, 4.69) is 105 Å². The van der Waals surface area contributed by atoms with Gasteiger partial charge >= 0.3 is 0 Å². The van der Waals surface area contributed by atoms with Crippen molar-refractivity contribution in [3.8, 4) is 55.3 Å². The lowest BCUT2D eigenvalue weighted by Crippen LogP contribution is -2.18. The molecule has 0 N–H and O–H groups in total. The van der Waals surface area contributed by atoms with Crippen LogP contribution in [0.1, 0.15) is 0 Å². The molecule has 0 atom stereocenters. The van der Waals surface area contributed by atoms with Gasteiger partial charge in [0, 0.05) is 47.0 Å². The third kappa shape index (κ3) is 5.27. The van der Waals surface area contributed by atoms with E-state index in [0.29, 0.717) is 0 Å². The Bertz CT molecular complexity index is 2880. The molecule has 10 heteroatoms. The van der Waals surface area contributed by atoms with Gasteiger partial charge in [-0.15, -0.1) is 22.7 Å². The Hall–Kier alpha value is -7.40. The summed E-state index contributed by atoms with van der Waals surface area (Å²) in [4.78, 5) is 23.5. The number of thiazole rings is 2. The maximum Gasteiger partial charge on any atom is 0.151 e. The number of rotatable bonds is 5. The van der Waals surface area contributed by atoms with Crippen molar-refractivity contribution in [3.05, 3.63) is 170 Å². The number of hydrogen-bond acceptors (Lipinski definition) is 10. The number of pyridine rings is 2. The van der Waals surface area contributed by atoms with Crippen LogP contribution < -0.4 is 19.3 Å². The highest BCUT2D eigenvalue weighted by Gasteiger charge is 2.32. The first-order chi connectivity index (χ1) is 28.7. The van der Waals surface area contributed by atoms with E-state index in [1.54, 1.807) is 35.1 Å². The largest absolute Gasteiger partial charge is 0.453 e. The zero-order valence-corrected chi connectivity index (χ0v) is 32.1. The van der Waals surface area contributed by atoms with Crippen molar-refractivity contribution in [3.63, 3.8) is 0 Å². The Morgan fingerprint density at radius 1 is 0.397 bits per heavy atom. The molecule has 0 aliphatic carbocycles. The molecule has 0 fully saturated rings. The van der Waals surface area contributed by atoms with Gasteiger partial charge in [-0.05, 0) is 72.8 Å². The van der Waals surface area contributed by atoms with Gasteiger partial charge < -0.3 is 19.3 Å². The molecule has 10 aromatic rings. The quantitative estimate of drug-likeness (QED) is 0.171. The lowest BCUT2D eigenvalue weighted by atomic mass is 9.95. The average Bonchev–Trinajstić information content (AvgIpc) is 3.92. The standard InChI is InChI=1S/C48H28N6O2S2/c1-5-13-41-35(9-1)53(36-10-2-6-14-42(36)55-41)39-25-29(47-51-33-21-23-49-27-45(33)57-47)17-19-31(39)32-20-18-30(48-52-34-22-24-50-28-46(34)58-48)26-40(32)54-37-11-3-7-15-43(37)56-44-16-8-4-12-38(44)54/h1-28H. The molecule has 0 amide bonds. The van der Waals surface area contributed by atoms with Gasteiger partial charge in [0.1, 0.15) is 10.0 Å². The Kier molecular flexibility index (Phi) is 7.40. The minimum Gasteiger partial charge on any atom is -0.453 e. The number of fused-ring (bicyclic) bond motifs is 6. The zero-order chi connectivity index (χ0) is 38.2. The average molecular weight is 785 g/mol. The summed E-state index contributed by atoms with van der Waals surface area (Å²) in [5.74, 6) is 3.11. The third-order valence-corrected chi connectivity index (χ3v) is 12.6. The molecule has 2 aliphatic heterocycles. The molecule has 58 heavy (non-hydrogen) atoms. The van der Waals surface area contributed by atoms with Crippen LogP contribution in [0.2, 0.25) is 0 Å². The number of aromatic nitrogens is 4. The predicted octanol–water partition coefficient (Wildman–Crippen LogP) is 13.8. The van der Waals surface area contributed by atoms with Crippen LogP contribution in [0.3, 0.4) is 0 Å². The van der Waals surface area contributed by atoms with E-state index < -0.39 is 0 Å². The summed E-state index contributed by atoms with van der Waals surface area (Å²) in [6.07, 6.45) is 7.35.